The normalized spacial score (nSPS) is 10.8. The van der Waals surface area contributed by atoms with Gasteiger partial charge in [0, 0.05) is 13.6 Å². The molecule has 0 bridgehead atoms. The number of anilines is 1. The standard InChI is InChI=1S/C8H10N4OS2/c1-3-9-7-10-5-4(15-7)6(13)12(2)8(14)11-5/h3H2,1-2H3,(H,9,10)(H,11,14). The maximum atomic E-state index is 11.8. The number of thiazole rings is 1. The van der Waals surface area contributed by atoms with Crippen molar-refractivity contribution in [1.82, 2.24) is 14.5 Å². The van der Waals surface area contributed by atoms with Crippen molar-refractivity contribution in [2.75, 3.05) is 11.9 Å². The van der Waals surface area contributed by atoms with E-state index in [0.717, 1.165) is 11.7 Å². The quantitative estimate of drug-likeness (QED) is 0.783. The third-order valence-corrected chi connectivity index (χ3v) is 3.36. The molecule has 0 saturated heterocycles. The van der Waals surface area contributed by atoms with E-state index in [4.69, 9.17) is 12.2 Å². The van der Waals surface area contributed by atoms with Gasteiger partial charge in [-0.2, -0.15) is 0 Å². The van der Waals surface area contributed by atoms with Gasteiger partial charge in [0.05, 0.1) is 0 Å². The molecule has 0 aliphatic heterocycles. The van der Waals surface area contributed by atoms with E-state index in [9.17, 15) is 4.79 Å². The van der Waals surface area contributed by atoms with Crippen LogP contribution in [0, 0.1) is 4.77 Å². The first-order valence-corrected chi connectivity index (χ1v) is 5.69. The molecule has 0 saturated carbocycles. The zero-order valence-electron chi connectivity index (χ0n) is 8.33. The summed E-state index contributed by atoms with van der Waals surface area (Å²) in [4.78, 5) is 18.9. The van der Waals surface area contributed by atoms with Gasteiger partial charge in [-0.15, -0.1) is 0 Å². The monoisotopic (exact) mass is 242 g/mol. The fourth-order valence-electron chi connectivity index (χ4n) is 1.21. The summed E-state index contributed by atoms with van der Waals surface area (Å²) in [5, 5.41) is 3.81. The number of nitrogens with zero attached hydrogens (tertiary/aromatic N) is 2. The van der Waals surface area contributed by atoms with E-state index in [-0.39, 0.29) is 5.56 Å². The van der Waals surface area contributed by atoms with Crippen LogP contribution in [0.15, 0.2) is 4.79 Å². The van der Waals surface area contributed by atoms with Crippen LogP contribution >= 0.6 is 23.6 Å². The van der Waals surface area contributed by atoms with Crippen molar-refractivity contribution in [3.05, 3.63) is 15.1 Å². The minimum absolute atomic E-state index is 0.101. The maximum absolute atomic E-state index is 11.8. The van der Waals surface area contributed by atoms with Crippen LogP contribution in [0.4, 0.5) is 5.13 Å². The maximum Gasteiger partial charge on any atom is 0.273 e. The van der Waals surface area contributed by atoms with Crippen LogP contribution in [0.1, 0.15) is 6.92 Å². The molecule has 2 aromatic rings. The summed E-state index contributed by atoms with van der Waals surface area (Å²) in [5.74, 6) is 0. The molecule has 0 amide bonds. The largest absolute Gasteiger partial charge is 0.362 e. The second kappa shape index (κ2) is 3.74. The minimum atomic E-state index is -0.101. The Labute approximate surface area is 94.8 Å². The third-order valence-electron chi connectivity index (χ3n) is 1.98. The van der Waals surface area contributed by atoms with Crippen LogP contribution in [-0.4, -0.2) is 21.1 Å². The molecule has 0 unspecified atom stereocenters. The molecule has 2 heterocycles. The van der Waals surface area contributed by atoms with Crippen LogP contribution in [0.5, 0.6) is 0 Å². The lowest BCUT2D eigenvalue weighted by atomic mass is 10.6. The number of aromatic amines is 1. The molecule has 80 valence electrons. The molecule has 5 nitrogen and oxygen atoms in total. The highest BCUT2D eigenvalue weighted by Crippen LogP contribution is 2.20. The summed E-state index contributed by atoms with van der Waals surface area (Å²) in [6, 6.07) is 0. The molecule has 0 aliphatic carbocycles. The van der Waals surface area contributed by atoms with Crippen LogP contribution in [0.3, 0.4) is 0 Å². The van der Waals surface area contributed by atoms with E-state index >= 15 is 0 Å². The predicted octanol–water partition coefficient (Wildman–Crippen LogP) is 1.48. The van der Waals surface area contributed by atoms with Crippen LogP contribution < -0.4 is 10.9 Å². The van der Waals surface area contributed by atoms with Gasteiger partial charge in [-0.25, -0.2) is 4.98 Å². The number of fused-ring (bicyclic) bond motifs is 1. The Morgan fingerprint density at radius 2 is 2.40 bits per heavy atom. The zero-order valence-corrected chi connectivity index (χ0v) is 9.96. The van der Waals surface area contributed by atoms with Crippen LogP contribution in [0.25, 0.3) is 10.3 Å². The molecule has 2 rings (SSSR count). The number of rotatable bonds is 2. The van der Waals surface area contributed by atoms with Crippen LogP contribution in [0.2, 0.25) is 0 Å². The first kappa shape index (κ1) is 10.3. The summed E-state index contributed by atoms with van der Waals surface area (Å²) in [7, 11) is 1.65. The SMILES string of the molecule is CCNc1nc2[nH]c(=S)n(C)c(=O)c2s1. The van der Waals surface area contributed by atoms with Crippen molar-refractivity contribution in [3.63, 3.8) is 0 Å². The number of hydrogen-bond acceptors (Lipinski definition) is 5. The van der Waals surface area contributed by atoms with E-state index in [1.165, 1.54) is 15.9 Å². The fourth-order valence-corrected chi connectivity index (χ4v) is 2.35. The second-order valence-electron chi connectivity index (χ2n) is 3.02. The van der Waals surface area contributed by atoms with E-state index in [2.05, 4.69) is 15.3 Å². The van der Waals surface area contributed by atoms with Gasteiger partial charge in [-0.1, -0.05) is 11.3 Å². The molecule has 0 aromatic carbocycles. The Balaban J connectivity index is 2.77. The second-order valence-corrected chi connectivity index (χ2v) is 4.41. The van der Waals surface area contributed by atoms with Gasteiger partial charge in [0.15, 0.2) is 15.5 Å². The molecule has 0 aliphatic rings. The molecule has 0 fully saturated rings. The number of hydrogen-bond donors (Lipinski definition) is 2. The average Bonchev–Trinajstić information content (AvgIpc) is 2.58. The summed E-state index contributed by atoms with van der Waals surface area (Å²) in [5.41, 5.74) is 0.458. The van der Waals surface area contributed by atoms with Crippen molar-refractivity contribution in [2.24, 2.45) is 7.05 Å². The lowest BCUT2D eigenvalue weighted by molar-refractivity contribution is 0.824. The Morgan fingerprint density at radius 3 is 3.07 bits per heavy atom. The van der Waals surface area contributed by atoms with Crippen molar-refractivity contribution in [3.8, 4) is 0 Å². The predicted molar refractivity (Wildman–Crippen MR) is 64.2 cm³/mol. The summed E-state index contributed by atoms with van der Waals surface area (Å²) in [6.07, 6.45) is 0. The van der Waals surface area contributed by atoms with Gasteiger partial charge in [0.2, 0.25) is 0 Å². The lowest BCUT2D eigenvalue weighted by Crippen LogP contribution is -2.17. The third kappa shape index (κ3) is 1.68. The molecule has 2 N–H and O–H groups in total. The molecule has 15 heavy (non-hydrogen) atoms. The molecule has 7 heteroatoms. The molecular formula is C8H10N4OS2. The van der Waals surface area contributed by atoms with Gasteiger partial charge in [0.1, 0.15) is 4.70 Å². The van der Waals surface area contributed by atoms with Gasteiger partial charge >= 0.3 is 0 Å². The summed E-state index contributed by atoms with van der Waals surface area (Å²) < 4.78 is 2.40. The van der Waals surface area contributed by atoms with Crippen molar-refractivity contribution in [2.45, 2.75) is 6.92 Å². The van der Waals surface area contributed by atoms with Crippen molar-refractivity contribution in [1.29, 1.82) is 0 Å². The van der Waals surface area contributed by atoms with Crippen molar-refractivity contribution < 1.29 is 0 Å². The zero-order chi connectivity index (χ0) is 11.0. The molecule has 0 spiro atoms. The molecule has 0 radical (unpaired) electrons. The van der Waals surface area contributed by atoms with Gasteiger partial charge in [0.25, 0.3) is 5.56 Å². The first-order chi connectivity index (χ1) is 7.13. The minimum Gasteiger partial charge on any atom is -0.362 e. The van der Waals surface area contributed by atoms with E-state index in [1.54, 1.807) is 7.05 Å². The molecule has 0 atom stereocenters. The van der Waals surface area contributed by atoms with E-state index < -0.39 is 0 Å². The number of aromatic nitrogens is 3. The Kier molecular flexibility index (Phi) is 2.57. The van der Waals surface area contributed by atoms with Gasteiger partial charge in [-0.3, -0.25) is 9.36 Å². The average molecular weight is 242 g/mol. The summed E-state index contributed by atoms with van der Waals surface area (Å²) >= 11 is 6.33. The number of nitrogens with one attached hydrogen (secondary N) is 2. The highest BCUT2D eigenvalue weighted by atomic mass is 32.1. The number of H-pyrrole nitrogens is 1. The highest BCUT2D eigenvalue weighted by molar-refractivity contribution is 7.71. The molecule has 2 aromatic heterocycles. The highest BCUT2D eigenvalue weighted by Gasteiger charge is 2.08. The lowest BCUT2D eigenvalue weighted by Gasteiger charge is -1.95. The molecular weight excluding hydrogens is 232 g/mol. The topological polar surface area (TPSA) is 62.7 Å². The van der Waals surface area contributed by atoms with Crippen LogP contribution in [-0.2, 0) is 7.05 Å². The van der Waals surface area contributed by atoms with Gasteiger partial charge < -0.3 is 10.3 Å². The Bertz CT molecular complexity index is 609. The fraction of sp³-hybridized carbons (Fsp3) is 0.375. The smallest absolute Gasteiger partial charge is 0.273 e. The van der Waals surface area contributed by atoms with Gasteiger partial charge in [-0.05, 0) is 19.1 Å². The summed E-state index contributed by atoms with van der Waals surface area (Å²) in [6.45, 7) is 2.76. The first-order valence-electron chi connectivity index (χ1n) is 4.47. The van der Waals surface area contributed by atoms with Crippen molar-refractivity contribution >= 4 is 39.0 Å². The Hall–Kier alpha value is -1.21. The van der Waals surface area contributed by atoms with E-state index in [1.807, 2.05) is 6.92 Å². The Morgan fingerprint density at radius 1 is 1.67 bits per heavy atom. The van der Waals surface area contributed by atoms with E-state index in [0.29, 0.717) is 15.1 Å².